The zero-order valence-electron chi connectivity index (χ0n) is 10.2. The van der Waals surface area contributed by atoms with Crippen molar-refractivity contribution in [2.75, 3.05) is 14.2 Å². The van der Waals surface area contributed by atoms with Gasteiger partial charge in [0.25, 0.3) is 0 Å². The van der Waals surface area contributed by atoms with Crippen molar-refractivity contribution in [3.05, 3.63) is 47.5 Å². The van der Waals surface area contributed by atoms with Crippen molar-refractivity contribution in [1.82, 2.24) is 0 Å². The largest absolute Gasteiger partial charge is 0.466 e. The summed E-state index contributed by atoms with van der Waals surface area (Å²) in [4.78, 5) is 22.6. The first kappa shape index (κ1) is 13.9. The van der Waals surface area contributed by atoms with Gasteiger partial charge in [0.2, 0.25) is 0 Å². The highest BCUT2D eigenvalue weighted by Crippen LogP contribution is 2.22. The maximum absolute atomic E-state index is 11.3. The number of ether oxygens (including phenoxy) is 2. The third kappa shape index (κ3) is 2.95. The molecule has 0 saturated carbocycles. The maximum atomic E-state index is 11.3. The van der Waals surface area contributed by atoms with Crippen LogP contribution in [0.25, 0.3) is 0 Å². The van der Waals surface area contributed by atoms with Gasteiger partial charge < -0.3 is 14.6 Å². The summed E-state index contributed by atoms with van der Waals surface area (Å²) in [6.45, 7) is 3.46. The SMILES string of the molecule is C=C(C(=O)OC)C(O)c1cccc(C(=O)OC)c1. The fraction of sp³-hybridized carbons (Fsp3) is 0.231. The summed E-state index contributed by atoms with van der Waals surface area (Å²) in [6.07, 6.45) is -1.22. The summed E-state index contributed by atoms with van der Waals surface area (Å²) in [7, 11) is 2.46. The molecule has 0 amide bonds. The van der Waals surface area contributed by atoms with Crippen molar-refractivity contribution in [1.29, 1.82) is 0 Å². The van der Waals surface area contributed by atoms with Gasteiger partial charge in [0.1, 0.15) is 6.10 Å². The Hall–Kier alpha value is -2.14. The highest BCUT2D eigenvalue weighted by atomic mass is 16.5. The van der Waals surface area contributed by atoms with Crippen molar-refractivity contribution < 1.29 is 24.2 Å². The number of hydrogen-bond donors (Lipinski definition) is 1. The van der Waals surface area contributed by atoms with Gasteiger partial charge in [-0.3, -0.25) is 0 Å². The molecule has 1 aromatic carbocycles. The Bertz CT molecular complexity index is 478. The molecule has 0 radical (unpaired) electrons. The normalized spacial score (nSPS) is 11.5. The second-order valence-electron chi connectivity index (χ2n) is 3.54. The van der Waals surface area contributed by atoms with Gasteiger partial charge in [-0.05, 0) is 17.7 Å². The minimum atomic E-state index is -1.22. The number of rotatable bonds is 4. The predicted octanol–water partition coefficient (Wildman–Crippen LogP) is 1.24. The monoisotopic (exact) mass is 250 g/mol. The molecule has 0 aliphatic heterocycles. The average Bonchev–Trinajstić information content (AvgIpc) is 2.43. The van der Waals surface area contributed by atoms with Gasteiger partial charge in [0.05, 0.1) is 25.4 Å². The van der Waals surface area contributed by atoms with Crippen LogP contribution in [0.15, 0.2) is 36.4 Å². The lowest BCUT2D eigenvalue weighted by atomic mass is 10.0. The zero-order valence-corrected chi connectivity index (χ0v) is 10.2. The summed E-state index contributed by atoms with van der Waals surface area (Å²) in [5.74, 6) is -1.22. The zero-order chi connectivity index (χ0) is 13.7. The number of hydrogen-bond acceptors (Lipinski definition) is 5. The van der Waals surface area contributed by atoms with E-state index >= 15 is 0 Å². The molecule has 0 bridgehead atoms. The van der Waals surface area contributed by atoms with Crippen LogP contribution in [0.5, 0.6) is 0 Å². The molecule has 5 heteroatoms. The lowest BCUT2D eigenvalue weighted by Crippen LogP contribution is -2.12. The minimum Gasteiger partial charge on any atom is -0.466 e. The first-order valence-corrected chi connectivity index (χ1v) is 5.14. The van der Waals surface area contributed by atoms with Crippen LogP contribution in [0.2, 0.25) is 0 Å². The van der Waals surface area contributed by atoms with Crippen LogP contribution in [0.4, 0.5) is 0 Å². The molecule has 0 spiro atoms. The van der Waals surface area contributed by atoms with Crippen molar-refractivity contribution >= 4 is 11.9 Å². The fourth-order valence-corrected chi connectivity index (χ4v) is 1.40. The summed E-state index contributed by atoms with van der Waals surface area (Å²) in [6, 6.07) is 6.13. The average molecular weight is 250 g/mol. The van der Waals surface area contributed by atoms with E-state index < -0.39 is 18.0 Å². The Morgan fingerprint density at radius 2 is 1.94 bits per heavy atom. The topological polar surface area (TPSA) is 72.8 Å². The molecule has 1 aromatic rings. The van der Waals surface area contributed by atoms with Crippen molar-refractivity contribution in [2.45, 2.75) is 6.10 Å². The van der Waals surface area contributed by atoms with E-state index in [1.807, 2.05) is 0 Å². The van der Waals surface area contributed by atoms with E-state index in [2.05, 4.69) is 16.1 Å². The number of carbonyl (C=O) groups excluding carboxylic acids is 2. The second kappa shape index (κ2) is 5.97. The van der Waals surface area contributed by atoms with Crippen molar-refractivity contribution in [2.24, 2.45) is 0 Å². The Morgan fingerprint density at radius 3 is 2.50 bits per heavy atom. The summed E-state index contributed by atoms with van der Waals surface area (Å²) < 4.78 is 9.03. The number of aliphatic hydroxyl groups is 1. The molecule has 1 unspecified atom stereocenters. The van der Waals surface area contributed by atoms with Crippen LogP contribution in [-0.4, -0.2) is 31.3 Å². The maximum Gasteiger partial charge on any atom is 0.337 e. The van der Waals surface area contributed by atoms with Crippen molar-refractivity contribution in [3.63, 3.8) is 0 Å². The van der Waals surface area contributed by atoms with E-state index in [9.17, 15) is 14.7 Å². The third-order valence-corrected chi connectivity index (χ3v) is 2.40. The highest BCUT2D eigenvalue weighted by Gasteiger charge is 2.19. The number of esters is 2. The van der Waals surface area contributed by atoms with Crippen LogP contribution in [0, 0.1) is 0 Å². The van der Waals surface area contributed by atoms with Gasteiger partial charge in [0, 0.05) is 0 Å². The van der Waals surface area contributed by atoms with E-state index in [1.165, 1.54) is 20.3 Å². The molecule has 0 heterocycles. The van der Waals surface area contributed by atoms with Crippen LogP contribution in [0.1, 0.15) is 22.0 Å². The molecule has 0 aromatic heterocycles. The van der Waals surface area contributed by atoms with E-state index in [0.717, 1.165) is 0 Å². The first-order valence-electron chi connectivity index (χ1n) is 5.14. The summed E-state index contributed by atoms with van der Waals surface area (Å²) >= 11 is 0. The van der Waals surface area contributed by atoms with Gasteiger partial charge in [0.15, 0.2) is 0 Å². The Kier molecular flexibility index (Phi) is 4.62. The number of carbonyl (C=O) groups is 2. The molecular weight excluding hydrogens is 236 g/mol. The van der Waals surface area contributed by atoms with E-state index in [0.29, 0.717) is 5.56 Å². The van der Waals surface area contributed by atoms with Gasteiger partial charge in [-0.25, -0.2) is 9.59 Å². The first-order chi connectivity index (χ1) is 8.51. The molecule has 1 N–H and O–H groups in total. The lowest BCUT2D eigenvalue weighted by molar-refractivity contribution is -0.137. The molecule has 1 rings (SSSR count). The molecule has 0 aliphatic rings. The van der Waals surface area contributed by atoms with Crippen LogP contribution >= 0.6 is 0 Å². The summed E-state index contributed by atoms with van der Waals surface area (Å²) in [5.41, 5.74) is 0.555. The minimum absolute atomic E-state index is 0.0977. The molecule has 96 valence electrons. The lowest BCUT2D eigenvalue weighted by Gasteiger charge is -2.13. The van der Waals surface area contributed by atoms with Crippen LogP contribution in [0.3, 0.4) is 0 Å². The fourth-order valence-electron chi connectivity index (χ4n) is 1.40. The number of benzene rings is 1. The van der Waals surface area contributed by atoms with Gasteiger partial charge in [-0.2, -0.15) is 0 Å². The van der Waals surface area contributed by atoms with E-state index in [1.54, 1.807) is 18.2 Å². The Morgan fingerprint density at radius 1 is 1.28 bits per heavy atom. The second-order valence-corrected chi connectivity index (χ2v) is 3.54. The third-order valence-electron chi connectivity index (χ3n) is 2.40. The molecule has 0 aliphatic carbocycles. The van der Waals surface area contributed by atoms with E-state index in [-0.39, 0.29) is 11.1 Å². The smallest absolute Gasteiger partial charge is 0.337 e. The molecule has 0 fully saturated rings. The molecule has 5 nitrogen and oxygen atoms in total. The van der Waals surface area contributed by atoms with Gasteiger partial charge in [-0.15, -0.1) is 0 Å². The molecular formula is C13H14O5. The van der Waals surface area contributed by atoms with Gasteiger partial charge >= 0.3 is 11.9 Å². The number of methoxy groups -OCH3 is 2. The van der Waals surface area contributed by atoms with Crippen LogP contribution < -0.4 is 0 Å². The highest BCUT2D eigenvalue weighted by molar-refractivity contribution is 5.90. The predicted molar refractivity (Wildman–Crippen MR) is 63.9 cm³/mol. The molecule has 1 atom stereocenters. The Balaban J connectivity index is 3.00. The molecule has 18 heavy (non-hydrogen) atoms. The summed E-state index contributed by atoms with van der Waals surface area (Å²) in [5, 5.41) is 9.92. The Labute approximate surface area is 105 Å². The van der Waals surface area contributed by atoms with Crippen LogP contribution in [-0.2, 0) is 14.3 Å². The molecule has 0 saturated heterocycles. The standard InChI is InChI=1S/C13H14O5/c1-8(12(15)17-2)11(14)9-5-4-6-10(7-9)13(16)18-3/h4-7,11,14H,1H2,2-3H3. The number of aliphatic hydroxyl groups excluding tert-OH is 1. The van der Waals surface area contributed by atoms with E-state index in [4.69, 9.17) is 0 Å². The quantitative estimate of drug-likeness (QED) is 0.642. The van der Waals surface area contributed by atoms with Crippen molar-refractivity contribution in [3.8, 4) is 0 Å². The van der Waals surface area contributed by atoms with Gasteiger partial charge in [-0.1, -0.05) is 18.7 Å².